The van der Waals surface area contributed by atoms with Crippen LogP contribution in [0.15, 0.2) is 48.5 Å². The SMILES string of the molecule is CC(=O)Nc1ccc(-c2ccc(C)cc2)cc1C1=CC(C)(C)C1. The number of hydrogen-bond acceptors (Lipinski definition) is 1. The molecule has 23 heavy (non-hydrogen) atoms. The Hall–Kier alpha value is -2.35. The van der Waals surface area contributed by atoms with Gasteiger partial charge in [0.05, 0.1) is 0 Å². The third-order valence-electron chi connectivity index (χ3n) is 4.27. The van der Waals surface area contributed by atoms with Crippen LogP contribution >= 0.6 is 0 Å². The molecule has 1 aliphatic rings. The van der Waals surface area contributed by atoms with Crippen LogP contribution in [0.5, 0.6) is 0 Å². The van der Waals surface area contributed by atoms with Crippen molar-refractivity contribution in [2.24, 2.45) is 5.41 Å². The van der Waals surface area contributed by atoms with E-state index in [0.717, 1.165) is 17.7 Å². The normalized spacial score (nSPS) is 15.6. The predicted octanol–water partition coefficient (Wildman–Crippen LogP) is 5.43. The molecule has 0 fully saturated rings. The van der Waals surface area contributed by atoms with Gasteiger partial charge in [0.1, 0.15) is 0 Å². The summed E-state index contributed by atoms with van der Waals surface area (Å²) in [5.41, 5.74) is 7.24. The lowest BCUT2D eigenvalue weighted by Crippen LogP contribution is -2.19. The molecule has 0 unspecified atom stereocenters. The summed E-state index contributed by atoms with van der Waals surface area (Å²) >= 11 is 0. The summed E-state index contributed by atoms with van der Waals surface area (Å²) in [6, 6.07) is 14.8. The molecule has 2 aromatic rings. The molecule has 0 atom stereocenters. The molecule has 118 valence electrons. The number of hydrogen-bond donors (Lipinski definition) is 1. The van der Waals surface area contributed by atoms with Crippen LogP contribution in [0.25, 0.3) is 16.7 Å². The Balaban J connectivity index is 2.04. The Morgan fingerprint density at radius 3 is 2.22 bits per heavy atom. The zero-order valence-corrected chi connectivity index (χ0v) is 14.2. The molecule has 0 radical (unpaired) electrons. The van der Waals surface area contributed by atoms with Gasteiger partial charge in [0.25, 0.3) is 0 Å². The average Bonchev–Trinajstić information content (AvgIpc) is 2.45. The molecule has 1 aliphatic carbocycles. The van der Waals surface area contributed by atoms with Gasteiger partial charge in [-0.2, -0.15) is 0 Å². The highest BCUT2D eigenvalue weighted by atomic mass is 16.1. The van der Waals surface area contributed by atoms with Crippen molar-refractivity contribution < 1.29 is 4.79 Å². The first-order valence-corrected chi connectivity index (χ1v) is 8.05. The topological polar surface area (TPSA) is 29.1 Å². The molecule has 0 spiro atoms. The second-order valence-electron chi connectivity index (χ2n) is 7.14. The third kappa shape index (κ3) is 3.37. The molecule has 0 aromatic heterocycles. The van der Waals surface area contributed by atoms with Crippen LogP contribution in [0.1, 0.15) is 38.3 Å². The van der Waals surface area contributed by atoms with Gasteiger partial charge >= 0.3 is 0 Å². The molecule has 3 rings (SSSR count). The molecule has 1 amide bonds. The van der Waals surface area contributed by atoms with Crippen molar-refractivity contribution in [3.63, 3.8) is 0 Å². The zero-order chi connectivity index (χ0) is 16.6. The Bertz CT molecular complexity index is 782. The lowest BCUT2D eigenvalue weighted by molar-refractivity contribution is -0.114. The smallest absolute Gasteiger partial charge is 0.221 e. The quantitative estimate of drug-likeness (QED) is 0.804. The van der Waals surface area contributed by atoms with Gasteiger partial charge < -0.3 is 5.32 Å². The van der Waals surface area contributed by atoms with Gasteiger partial charge in [-0.1, -0.05) is 55.8 Å². The van der Waals surface area contributed by atoms with Gasteiger partial charge in [0, 0.05) is 18.2 Å². The van der Waals surface area contributed by atoms with Gasteiger partial charge in [-0.3, -0.25) is 4.79 Å². The summed E-state index contributed by atoms with van der Waals surface area (Å²) in [7, 11) is 0. The number of carbonyl (C=O) groups is 1. The molecule has 2 aromatic carbocycles. The van der Waals surface area contributed by atoms with E-state index in [2.05, 4.69) is 68.6 Å². The average molecular weight is 305 g/mol. The molecule has 2 heteroatoms. The van der Waals surface area contributed by atoms with E-state index in [1.165, 1.54) is 22.3 Å². The van der Waals surface area contributed by atoms with Crippen LogP contribution in [-0.2, 0) is 4.79 Å². The number of benzene rings is 2. The summed E-state index contributed by atoms with van der Waals surface area (Å²) in [6.45, 7) is 8.11. The predicted molar refractivity (Wildman–Crippen MR) is 97.3 cm³/mol. The minimum atomic E-state index is -0.0338. The first-order valence-electron chi connectivity index (χ1n) is 8.05. The van der Waals surface area contributed by atoms with Gasteiger partial charge in [-0.25, -0.2) is 0 Å². The summed E-state index contributed by atoms with van der Waals surface area (Å²) in [5, 5.41) is 2.96. The van der Waals surface area contributed by atoms with Crippen LogP contribution in [0.4, 0.5) is 5.69 Å². The Morgan fingerprint density at radius 1 is 1.04 bits per heavy atom. The van der Waals surface area contributed by atoms with E-state index in [1.54, 1.807) is 6.92 Å². The number of aryl methyl sites for hydroxylation is 1. The number of amides is 1. The standard InChI is InChI=1S/C21H23NO/c1-14-5-7-16(8-6-14)17-9-10-20(22-15(2)23)19(11-17)18-12-21(3,4)13-18/h5-12H,13H2,1-4H3,(H,22,23). The van der Waals surface area contributed by atoms with Crippen molar-refractivity contribution >= 4 is 17.2 Å². The van der Waals surface area contributed by atoms with Crippen LogP contribution in [0.3, 0.4) is 0 Å². The van der Waals surface area contributed by atoms with Gasteiger partial charge in [0.15, 0.2) is 0 Å². The number of allylic oxidation sites excluding steroid dienone is 2. The fourth-order valence-electron chi connectivity index (χ4n) is 3.14. The Labute approximate surface area is 138 Å². The third-order valence-corrected chi connectivity index (χ3v) is 4.27. The highest BCUT2D eigenvalue weighted by Gasteiger charge is 2.29. The maximum atomic E-state index is 11.5. The fraction of sp³-hybridized carbons (Fsp3) is 0.286. The van der Waals surface area contributed by atoms with E-state index >= 15 is 0 Å². The second kappa shape index (κ2) is 5.69. The van der Waals surface area contributed by atoms with Crippen LogP contribution in [0, 0.1) is 12.3 Å². The number of rotatable bonds is 3. The summed E-state index contributed by atoms with van der Waals surface area (Å²) in [6.07, 6.45) is 3.34. The van der Waals surface area contributed by atoms with Gasteiger partial charge in [0.2, 0.25) is 5.91 Å². The van der Waals surface area contributed by atoms with Crippen LogP contribution < -0.4 is 5.32 Å². The minimum absolute atomic E-state index is 0.0338. The molecule has 0 heterocycles. The fourth-order valence-corrected chi connectivity index (χ4v) is 3.14. The first-order chi connectivity index (χ1) is 10.8. The molecule has 0 aliphatic heterocycles. The zero-order valence-electron chi connectivity index (χ0n) is 14.2. The van der Waals surface area contributed by atoms with Crippen LogP contribution in [0.2, 0.25) is 0 Å². The summed E-state index contributed by atoms with van der Waals surface area (Å²) < 4.78 is 0. The maximum absolute atomic E-state index is 11.5. The van der Waals surface area contributed by atoms with E-state index in [4.69, 9.17) is 0 Å². The van der Waals surface area contributed by atoms with Gasteiger partial charge in [-0.05, 0) is 47.6 Å². The summed E-state index contributed by atoms with van der Waals surface area (Å²) in [4.78, 5) is 11.5. The largest absolute Gasteiger partial charge is 0.326 e. The number of anilines is 1. The molecule has 1 N–H and O–H groups in total. The highest BCUT2D eigenvalue weighted by Crippen LogP contribution is 2.46. The van der Waals surface area contributed by atoms with Gasteiger partial charge in [-0.15, -0.1) is 0 Å². The number of nitrogens with one attached hydrogen (secondary N) is 1. The highest BCUT2D eigenvalue weighted by molar-refractivity contribution is 5.94. The second-order valence-corrected chi connectivity index (χ2v) is 7.14. The van der Waals surface area contributed by atoms with Crippen molar-refractivity contribution in [2.45, 2.75) is 34.1 Å². The Morgan fingerprint density at radius 2 is 1.65 bits per heavy atom. The molecule has 0 saturated carbocycles. The lowest BCUT2D eigenvalue weighted by Gasteiger charge is -2.34. The molecule has 0 bridgehead atoms. The number of carbonyl (C=O) groups excluding carboxylic acids is 1. The van der Waals surface area contributed by atoms with E-state index in [-0.39, 0.29) is 11.3 Å². The van der Waals surface area contributed by atoms with Crippen molar-refractivity contribution in [1.29, 1.82) is 0 Å². The van der Waals surface area contributed by atoms with Crippen LogP contribution in [-0.4, -0.2) is 5.91 Å². The van der Waals surface area contributed by atoms with Crippen molar-refractivity contribution in [3.05, 3.63) is 59.7 Å². The van der Waals surface area contributed by atoms with E-state index in [0.29, 0.717) is 0 Å². The van der Waals surface area contributed by atoms with E-state index in [9.17, 15) is 4.79 Å². The minimum Gasteiger partial charge on any atom is -0.326 e. The van der Waals surface area contributed by atoms with Crippen molar-refractivity contribution in [3.8, 4) is 11.1 Å². The molecule has 0 saturated heterocycles. The molecular weight excluding hydrogens is 282 g/mol. The maximum Gasteiger partial charge on any atom is 0.221 e. The monoisotopic (exact) mass is 305 g/mol. The lowest BCUT2D eigenvalue weighted by atomic mass is 9.71. The van der Waals surface area contributed by atoms with Crippen molar-refractivity contribution in [1.82, 2.24) is 0 Å². The Kier molecular flexibility index (Phi) is 3.85. The molecular formula is C21H23NO. The first kappa shape index (κ1) is 15.5. The van der Waals surface area contributed by atoms with Crippen molar-refractivity contribution in [2.75, 3.05) is 5.32 Å². The van der Waals surface area contributed by atoms with E-state index in [1.807, 2.05) is 6.07 Å². The van der Waals surface area contributed by atoms with E-state index < -0.39 is 0 Å². The summed E-state index contributed by atoms with van der Waals surface area (Å²) in [5.74, 6) is -0.0338. The molecule has 2 nitrogen and oxygen atoms in total.